The molecule has 1 aromatic heterocycles. The van der Waals surface area contributed by atoms with Gasteiger partial charge in [0, 0.05) is 5.69 Å². The van der Waals surface area contributed by atoms with Crippen molar-refractivity contribution in [2.45, 2.75) is 12.8 Å². The van der Waals surface area contributed by atoms with Crippen LogP contribution in [0, 0.1) is 18.3 Å². The Morgan fingerprint density at radius 1 is 1.03 bits per heavy atom. The number of aromatic nitrogens is 2. The van der Waals surface area contributed by atoms with E-state index in [9.17, 15) is 14.9 Å². The fourth-order valence-corrected chi connectivity index (χ4v) is 4.47. The number of anilines is 1. The second-order valence-electron chi connectivity index (χ2n) is 7.87. The molecule has 2 N–H and O–H groups in total. The van der Waals surface area contributed by atoms with E-state index in [4.69, 9.17) is 26.8 Å². The quantitative estimate of drug-likeness (QED) is 0.522. The summed E-state index contributed by atoms with van der Waals surface area (Å²) in [5, 5.41) is 14.9. The van der Waals surface area contributed by atoms with Crippen LogP contribution in [-0.4, -0.2) is 35.9 Å². The van der Waals surface area contributed by atoms with Gasteiger partial charge in [0.25, 0.3) is 0 Å². The Morgan fingerprint density at radius 3 is 2.17 bits per heavy atom. The molecule has 0 radical (unpaired) electrons. The van der Waals surface area contributed by atoms with Crippen molar-refractivity contribution in [3.8, 4) is 11.8 Å². The first-order valence-electron chi connectivity index (χ1n) is 10.8. The number of carbonyl (C=O) groups is 2. The van der Waals surface area contributed by atoms with Crippen LogP contribution in [0.5, 0.6) is 0 Å². The number of allylic oxidation sites excluding steroid dienone is 1. The highest BCUT2D eigenvalue weighted by Crippen LogP contribution is 2.43. The molecule has 9 nitrogen and oxygen atoms in total. The predicted molar refractivity (Wildman–Crippen MR) is 133 cm³/mol. The van der Waals surface area contributed by atoms with Crippen molar-refractivity contribution >= 4 is 29.2 Å². The van der Waals surface area contributed by atoms with Gasteiger partial charge in [-0.25, -0.2) is 14.3 Å². The molecular formula is C26H22ClN5O4. The van der Waals surface area contributed by atoms with Crippen LogP contribution in [0.3, 0.4) is 0 Å². The highest BCUT2D eigenvalue weighted by atomic mass is 35.5. The van der Waals surface area contributed by atoms with Crippen molar-refractivity contribution in [1.29, 1.82) is 5.26 Å². The number of carbonyl (C=O) groups excluding carboxylic acids is 2. The normalized spacial score (nSPS) is 15.5. The summed E-state index contributed by atoms with van der Waals surface area (Å²) >= 11 is 6.26. The molecule has 10 heteroatoms. The molecule has 0 spiro atoms. The molecule has 1 aliphatic heterocycles. The molecule has 1 atom stereocenters. The molecule has 0 bridgehead atoms. The maximum Gasteiger partial charge on any atom is 0.355 e. The zero-order valence-corrected chi connectivity index (χ0v) is 20.5. The van der Waals surface area contributed by atoms with Crippen molar-refractivity contribution in [1.82, 2.24) is 9.78 Å². The Kier molecular flexibility index (Phi) is 6.81. The Hall–Kier alpha value is -4.55. The summed E-state index contributed by atoms with van der Waals surface area (Å²) in [5.74, 6) is -2.55. The van der Waals surface area contributed by atoms with Crippen molar-refractivity contribution in [3.05, 3.63) is 99.7 Å². The molecule has 4 rings (SSSR count). The Morgan fingerprint density at radius 2 is 1.64 bits per heavy atom. The lowest BCUT2D eigenvalue weighted by molar-refractivity contribution is -0.139. The lowest BCUT2D eigenvalue weighted by Crippen LogP contribution is -2.40. The average molecular weight is 504 g/mol. The highest BCUT2D eigenvalue weighted by molar-refractivity contribution is 6.29. The van der Waals surface area contributed by atoms with Gasteiger partial charge < -0.3 is 15.2 Å². The first kappa shape index (κ1) is 24.6. The molecule has 182 valence electrons. The van der Waals surface area contributed by atoms with E-state index >= 15 is 0 Å². The topological polar surface area (TPSA) is 123 Å². The lowest BCUT2D eigenvalue weighted by Gasteiger charge is -2.35. The van der Waals surface area contributed by atoms with Gasteiger partial charge in [-0.15, -0.1) is 0 Å². The number of ether oxygens (including phenoxy) is 2. The fraction of sp³-hybridized carbons (Fsp3) is 0.154. The minimum Gasteiger partial charge on any atom is -0.466 e. The van der Waals surface area contributed by atoms with E-state index in [2.05, 4.69) is 11.2 Å². The highest BCUT2D eigenvalue weighted by Gasteiger charge is 2.42. The SMILES string of the molecule is COC(=O)C1=C(C(=O)OC)N(c2ccc(-n3nc(C)cc3Cl)cc2)C(N)=C(C#N)C1c1ccccc1. The Labute approximate surface area is 212 Å². The van der Waals surface area contributed by atoms with Gasteiger partial charge in [-0.05, 0) is 42.8 Å². The molecule has 2 aromatic carbocycles. The number of nitrogens with zero attached hydrogens (tertiary/aromatic N) is 4. The third-order valence-electron chi connectivity index (χ3n) is 5.75. The van der Waals surface area contributed by atoms with E-state index in [1.54, 1.807) is 65.3 Å². The largest absolute Gasteiger partial charge is 0.466 e. The summed E-state index contributed by atoms with van der Waals surface area (Å²) in [7, 11) is 2.40. The third-order valence-corrected chi connectivity index (χ3v) is 6.02. The predicted octanol–water partition coefficient (Wildman–Crippen LogP) is 3.73. The number of methoxy groups -OCH3 is 2. The number of nitrogens with two attached hydrogens (primary N) is 1. The number of halogens is 1. The van der Waals surface area contributed by atoms with E-state index < -0.39 is 17.9 Å². The van der Waals surface area contributed by atoms with Crippen molar-refractivity contribution in [2.24, 2.45) is 5.73 Å². The average Bonchev–Trinajstić information content (AvgIpc) is 3.25. The van der Waals surface area contributed by atoms with Crippen LogP contribution in [0.15, 0.2) is 83.3 Å². The molecule has 36 heavy (non-hydrogen) atoms. The van der Waals surface area contributed by atoms with Crippen LogP contribution >= 0.6 is 11.6 Å². The van der Waals surface area contributed by atoms with Gasteiger partial charge in [0.2, 0.25) is 0 Å². The molecule has 1 aliphatic rings. The maximum atomic E-state index is 13.1. The summed E-state index contributed by atoms with van der Waals surface area (Å²) in [4.78, 5) is 27.5. The van der Waals surface area contributed by atoms with Crippen LogP contribution < -0.4 is 10.6 Å². The van der Waals surface area contributed by atoms with Crippen molar-refractivity contribution in [3.63, 3.8) is 0 Å². The number of nitriles is 1. The van der Waals surface area contributed by atoms with E-state index in [0.29, 0.717) is 22.1 Å². The summed E-state index contributed by atoms with van der Waals surface area (Å²) in [6.45, 7) is 1.82. The van der Waals surface area contributed by atoms with Crippen molar-refractivity contribution in [2.75, 3.05) is 19.1 Å². The smallest absolute Gasteiger partial charge is 0.355 e. The first-order chi connectivity index (χ1) is 17.3. The summed E-state index contributed by atoms with van der Waals surface area (Å²) in [6.07, 6.45) is 0. The number of benzene rings is 2. The van der Waals surface area contributed by atoms with Gasteiger partial charge in [-0.2, -0.15) is 10.4 Å². The molecule has 2 heterocycles. The fourth-order valence-electron chi connectivity index (χ4n) is 4.17. The number of hydrogen-bond donors (Lipinski definition) is 1. The van der Waals surface area contributed by atoms with Crippen LogP contribution in [0.1, 0.15) is 17.2 Å². The van der Waals surface area contributed by atoms with Gasteiger partial charge in [0.05, 0.1) is 48.7 Å². The minimum absolute atomic E-state index is 0.0138. The number of aryl methyl sites for hydroxylation is 1. The van der Waals surface area contributed by atoms with Crippen LogP contribution in [0.4, 0.5) is 5.69 Å². The molecular weight excluding hydrogens is 482 g/mol. The summed E-state index contributed by atoms with van der Waals surface area (Å²) < 4.78 is 11.6. The zero-order chi connectivity index (χ0) is 26.0. The molecule has 0 amide bonds. The van der Waals surface area contributed by atoms with E-state index in [0.717, 1.165) is 5.69 Å². The molecule has 3 aromatic rings. The summed E-state index contributed by atoms with van der Waals surface area (Å²) in [6, 6.07) is 19.5. The third kappa shape index (κ3) is 4.19. The number of esters is 2. The minimum atomic E-state index is -0.931. The van der Waals surface area contributed by atoms with Crippen LogP contribution in [0.2, 0.25) is 5.15 Å². The standard InChI is InChI=1S/C26H22ClN5O4/c1-15-13-20(27)32(30-15)18-11-9-17(10-12-18)31-23(26(34)36-3)22(25(33)35-2)21(19(14-28)24(31)29)16-7-5-4-6-8-16/h4-13,21H,29H2,1-3H3. The first-order valence-corrected chi connectivity index (χ1v) is 11.2. The Bertz CT molecular complexity index is 1440. The Balaban J connectivity index is 1.95. The van der Waals surface area contributed by atoms with E-state index in [-0.39, 0.29) is 22.7 Å². The molecule has 0 aliphatic carbocycles. The van der Waals surface area contributed by atoms with E-state index in [1.807, 2.05) is 6.92 Å². The number of rotatable bonds is 5. The van der Waals surface area contributed by atoms with Crippen molar-refractivity contribution < 1.29 is 19.1 Å². The molecule has 0 saturated heterocycles. The van der Waals surface area contributed by atoms with Crippen LogP contribution in [-0.2, 0) is 19.1 Å². The number of hydrogen-bond acceptors (Lipinski definition) is 8. The summed E-state index contributed by atoms with van der Waals surface area (Å²) in [5.41, 5.74) is 8.81. The van der Waals surface area contributed by atoms with E-state index in [1.165, 1.54) is 19.1 Å². The monoisotopic (exact) mass is 503 g/mol. The van der Waals surface area contributed by atoms with Gasteiger partial charge in [0.1, 0.15) is 16.7 Å². The van der Waals surface area contributed by atoms with Crippen LogP contribution in [0.25, 0.3) is 5.69 Å². The molecule has 1 unspecified atom stereocenters. The maximum absolute atomic E-state index is 13.1. The zero-order valence-electron chi connectivity index (χ0n) is 19.7. The molecule has 0 saturated carbocycles. The van der Waals surface area contributed by atoms with Gasteiger partial charge in [-0.3, -0.25) is 4.90 Å². The second-order valence-corrected chi connectivity index (χ2v) is 8.26. The molecule has 0 fully saturated rings. The van der Waals surface area contributed by atoms with Gasteiger partial charge in [0.15, 0.2) is 0 Å². The van der Waals surface area contributed by atoms with Gasteiger partial charge >= 0.3 is 11.9 Å². The lowest BCUT2D eigenvalue weighted by atomic mass is 9.81. The second kappa shape index (κ2) is 9.98. The van der Waals surface area contributed by atoms with Gasteiger partial charge in [-0.1, -0.05) is 41.9 Å².